The van der Waals surface area contributed by atoms with Crippen LogP contribution in [0.1, 0.15) is 30.9 Å². The normalized spacial score (nSPS) is 10.7. The zero-order valence-electron chi connectivity index (χ0n) is 13.5. The summed E-state index contributed by atoms with van der Waals surface area (Å²) in [6.07, 6.45) is 0. The van der Waals surface area contributed by atoms with Gasteiger partial charge in [-0.15, -0.1) is 0 Å². The molecule has 0 spiro atoms. The van der Waals surface area contributed by atoms with Crippen molar-refractivity contribution >= 4 is 33.2 Å². The Labute approximate surface area is 145 Å². The van der Waals surface area contributed by atoms with Gasteiger partial charge in [-0.3, -0.25) is 4.79 Å². The molecule has 0 saturated carbocycles. The fourth-order valence-corrected chi connectivity index (χ4v) is 2.60. The summed E-state index contributed by atoms with van der Waals surface area (Å²) in [6.45, 7) is 6.14. The van der Waals surface area contributed by atoms with Crippen molar-refractivity contribution in [2.45, 2.75) is 26.7 Å². The van der Waals surface area contributed by atoms with Crippen molar-refractivity contribution in [2.75, 3.05) is 17.7 Å². The first-order chi connectivity index (χ1) is 10.9. The predicted molar refractivity (Wildman–Crippen MR) is 97.9 cm³/mol. The molecule has 122 valence electrons. The number of carbonyl (C=O) groups is 1. The molecule has 0 unspecified atom stereocenters. The van der Waals surface area contributed by atoms with Crippen LogP contribution in [0.5, 0.6) is 5.75 Å². The largest absolute Gasteiger partial charge is 0.483 e. The van der Waals surface area contributed by atoms with Gasteiger partial charge < -0.3 is 15.8 Å². The molecule has 2 aromatic carbocycles. The lowest BCUT2D eigenvalue weighted by Gasteiger charge is -2.15. The minimum Gasteiger partial charge on any atom is -0.483 e. The number of nitrogens with two attached hydrogens (primary N) is 1. The Balaban J connectivity index is 2.03. The molecule has 0 fully saturated rings. The number of rotatable bonds is 5. The molecule has 0 radical (unpaired) electrons. The van der Waals surface area contributed by atoms with Crippen LogP contribution in [-0.4, -0.2) is 12.5 Å². The van der Waals surface area contributed by atoms with E-state index < -0.39 is 0 Å². The molecule has 0 bridgehead atoms. The number of nitrogens with one attached hydrogen (secondary N) is 1. The molecule has 0 aliphatic rings. The second-order valence-electron chi connectivity index (χ2n) is 5.76. The third-order valence-corrected chi connectivity index (χ3v) is 3.93. The van der Waals surface area contributed by atoms with Gasteiger partial charge in [0.2, 0.25) is 0 Å². The van der Waals surface area contributed by atoms with Crippen molar-refractivity contribution in [1.82, 2.24) is 0 Å². The topological polar surface area (TPSA) is 64.3 Å². The van der Waals surface area contributed by atoms with Gasteiger partial charge in [-0.25, -0.2) is 0 Å². The lowest BCUT2D eigenvalue weighted by atomic mass is 10.0. The summed E-state index contributed by atoms with van der Waals surface area (Å²) < 4.78 is 6.58. The van der Waals surface area contributed by atoms with E-state index in [0.29, 0.717) is 17.3 Å². The second kappa shape index (κ2) is 7.51. The number of amides is 1. The van der Waals surface area contributed by atoms with Crippen molar-refractivity contribution in [3.05, 3.63) is 52.0 Å². The summed E-state index contributed by atoms with van der Waals surface area (Å²) in [5, 5.41) is 2.76. The maximum Gasteiger partial charge on any atom is 0.262 e. The van der Waals surface area contributed by atoms with Crippen LogP contribution in [0.4, 0.5) is 11.4 Å². The van der Waals surface area contributed by atoms with Gasteiger partial charge in [-0.05, 0) is 48.2 Å². The molecule has 0 aliphatic heterocycles. The Morgan fingerprint density at radius 3 is 2.65 bits per heavy atom. The van der Waals surface area contributed by atoms with Crippen molar-refractivity contribution in [3.8, 4) is 5.75 Å². The van der Waals surface area contributed by atoms with E-state index in [-0.39, 0.29) is 12.5 Å². The molecular weight excluding hydrogens is 356 g/mol. The van der Waals surface area contributed by atoms with Crippen molar-refractivity contribution in [2.24, 2.45) is 0 Å². The van der Waals surface area contributed by atoms with Gasteiger partial charge in [0, 0.05) is 4.47 Å². The third-order valence-electron chi connectivity index (χ3n) is 3.44. The Bertz CT molecular complexity index is 714. The number of carbonyl (C=O) groups excluding carboxylic acids is 1. The highest BCUT2D eigenvalue weighted by Gasteiger charge is 2.11. The van der Waals surface area contributed by atoms with Crippen molar-refractivity contribution in [1.29, 1.82) is 0 Å². The number of benzene rings is 2. The summed E-state index contributed by atoms with van der Waals surface area (Å²) in [5.41, 5.74) is 9.15. The highest BCUT2D eigenvalue weighted by atomic mass is 79.9. The zero-order valence-corrected chi connectivity index (χ0v) is 15.1. The molecule has 4 nitrogen and oxygen atoms in total. The molecule has 5 heteroatoms. The lowest BCUT2D eigenvalue weighted by molar-refractivity contribution is -0.118. The predicted octanol–water partition coefficient (Wildman–Crippen LogP) is 4.48. The highest BCUT2D eigenvalue weighted by Crippen LogP contribution is 2.27. The van der Waals surface area contributed by atoms with Crippen LogP contribution in [0.25, 0.3) is 0 Å². The van der Waals surface area contributed by atoms with E-state index >= 15 is 0 Å². The number of nitrogen functional groups attached to an aromatic ring is 1. The molecular formula is C18H21BrN2O2. The minimum atomic E-state index is -0.241. The molecule has 0 aliphatic carbocycles. The summed E-state index contributed by atoms with van der Waals surface area (Å²) in [7, 11) is 0. The smallest absolute Gasteiger partial charge is 0.262 e. The molecule has 0 aromatic heterocycles. The number of ether oxygens (including phenoxy) is 1. The van der Waals surface area contributed by atoms with E-state index in [9.17, 15) is 4.79 Å². The van der Waals surface area contributed by atoms with Crippen LogP contribution < -0.4 is 15.8 Å². The quantitative estimate of drug-likeness (QED) is 0.755. The SMILES string of the molecule is Cc1ccc(C(C)C)c(OCC(=O)Nc2ccc(Br)cc2N)c1. The molecule has 2 aromatic rings. The zero-order chi connectivity index (χ0) is 17.0. The van der Waals surface area contributed by atoms with E-state index in [0.717, 1.165) is 21.3 Å². The molecule has 0 atom stereocenters. The van der Waals surface area contributed by atoms with Crippen LogP contribution in [0.15, 0.2) is 40.9 Å². The van der Waals surface area contributed by atoms with E-state index in [1.165, 1.54) is 0 Å². The van der Waals surface area contributed by atoms with Gasteiger partial charge >= 0.3 is 0 Å². The number of aryl methyl sites for hydroxylation is 1. The van der Waals surface area contributed by atoms with Gasteiger partial charge in [-0.1, -0.05) is 41.9 Å². The van der Waals surface area contributed by atoms with E-state index in [2.05, 4.69) is 35.1 Å². The van der Waals surface area contributed by atoms with Gasteiger partial charge in [0.05, 0.1) is 11.4 Å². The maximum absolute atomic E-state index is 12.1. The van der Waals surface area contributed by atoms with Gasteiger partial charge in [0.15, 0.2) is 6.61 Å². The summed E-state index contributed by atoms with van der Waals surface area (Å²) in [6, 6.07) is 11.4. The molecule has 0 saturated heterocycles. The maximum atomic E-state index is 12.1. The Hall–Kier alpha value is -2.01. The monoisotopic (exact) mass is 376 g/mol. The fraction of sp³-hybridized carbons (Fsp3) is 0.278. The molecule has 3 N–H and O–H groups in total. The summed E-state index contributed by atoms with van der Waals surface area (Å²) in [5.74, 6) is 0.838. The second-order valence-corrected chi connectivity index (χ2v) is 6.68. The van der Waals surface area contributed by atoms with Gasteiger partial charge in [0.25, 0.3) is 5.91 Å². The molecule has 1 amide bonds. The number of hydrogen-bond acceptors (Lipinski definition) is 3. The van der Waals surface area contributed by atoms with Crippen LogP contribution >= 0.6 is 15.9 Å². The fourth-order valence-electron chi connectivity index (χ4n) is 2.22. The Kier molecular flexibility index (Phi) is 5.66. The average Bonchev–Trinajstić information content (AvgIpc) is 2.48. The average molecular weight is 377 g/mol. The first-order valence-corrected chi connectivity index (χ1v) is 8.24. The summed E-state index contributed by atoms with van der Waals surface area (Å²) >= 11 is 3.33. The third kappa shape index (κ3) is 4.73. The van der Waals surface area contributed by atoms with Crippen molar-refractivity contribution < 1.29 is 9.53 Å². The van der Waals surface area contributed by atoms with Crippen LogP contribution in [0.3, 0.4) is 0 Å². The van der Waals surface area contributed by atoms with E-state index in [4.69, 9.17) is 10.5 Å². The molecule has 2 rings (SSSR count). The van der Waals surface area contributed by atoms with Gasteiger partial charge in [0.1, 0.15) is 5.75 Å². The summed E-state index contributed by atoms with van der Waals surface area (Å²) in [4.78, 5) is 12.1. The first kappa shape index (κ1) is 17.3. The standard InChI is InChI=1S/C18H21BrN2O2/c1-11(2)14-6-4-12(3)8-17(14)23-10-18(22)21-16-7-5-13(19)9-15(16)20/h4-9,11H,10,20H2,1-3H3,(H,21,22). The van der Waals surface area contributed by atoms with E-state index in [1.807, 2.05) is 31.2 Å². The highest BCUT2D eigenvalue weighted by molar-refractivity contribution is 9.10. The number of halogens is 1. The molecule has 23 heavy (non-hydrogen) atoms. The first-order valence-electron chi connectivity index (χ1n) is 7.45. The van der Waals surface area contributed by atoms with Crippen LogP contribution in [-0.2, 0) is 4.79 Å². The molecule has 0 heterocycles. The van der Waals surface area contributed by atoms with Crippen LogP contribution in [0.2, 0.25) is 0 Å². The number of hydrogen-bond donors (Lipinski definition) is 2. The Morgan fingerprint density at radius 2 is 2.00 bits per heavy atom. The van der Waals surface area contributed by atoms with Crippen molar-refractivity contribution in [3.63, 3.8) is 0 Å². The van der Waals surface area contributed by atoms with E-state index in [1.54, 1.807) is 12.1 Å². The number of anilines is 2. The van der Waals surface area contributed by atoms with Crippen LogP contribution in [0, 0.1) is 6.92 Å². The van der Waals surface area contributed by atoms with Gasteiger partial charge in [-0.2, -0.15) is 0 Å². The Morgan fingerprint density at radius 1 is 1.26 bits per heavy atom. The lowest BCUT2D eigenvalue weighted by Crippen LogP contribution is -2.21. The minimum absolute atomic E-state index is 0.0569.